The van der Waals surface area contributed by atoms with E-state index in [1.54, 1.807) is 18.2 Å². The number of hydrogen-bond donors (Lipinski definition) is 2. The molecule has 1 aromatic heterocycles. The van der Waals surface area contributed by atoms with Gasteiger partial charge in [-0.2, -0.15) is 0 Å². The molecule has 0 bridgehead atoms. The van der Waals surface area contributed by atoms with Crippen molar-refractivity contribution in [3.8, 4) is 5.88 Å². The summed E-state index contributed by atoms with van der Waals surface area (Å²) in [4.78, 5) is 16.2. The van der Waals surface area contributed by atoms with Crippen LogP contribution in [0, 0.1) is 0 Å². The van der Waals surface area contributed by atoms with E-state index in [0.29, 0.717) is 11.3 Å². The number of carbonyl (C=O) groups is 1. The number of nitrogens with zero attached hydrogens (tertiary/aromatic N) is 1. The number of sulfonamides is 1. The topological polar surface area (TPSA) is 111 Å². The van der Waals surface area contributed by atoms with Crippen molar-refractivity contribution >= 4 is 33.2 Å². The first-order chi connectivity index (χ1) is 10.8. The van der Waals surface area contributed by atoms with Gasteiger partial charge < -0.3 is 10.1 Å². The maximum absolute atomic E-state index is 12.2. The summed E-state index contributed by atoms with van der Waals surface area (Å²) in [7, 11) is -2.23. The number of methoxy groups -OCH3 is 1. The van der Waals surface area contributed by atoms with E-state index in [1.165, 1.54) is 25.3 Å². The second-order valence-electron chi connectivity index (χ2n) is 4.65. The summed E-state index contributed by atoms with van der Waals surface area (Å²) in [6, 6.07) is 9.36. The Morgan fingerprint density at radius 2 is 2.09 bits per heavy atom. The molecule has 2 rings (SSSR count). The molecule has 0 radical (unpaired) electrons. The summed E-state index contributed by atoms with van der Waals surface area (Å²) in [5.74, 6) is -0.612. The minimum absolute atomic E-state index is 0.00265. The summed E-state index contributed by atoms with van der Waals surface area (Å²) < 4.78 is 27.2. The summed E-state index contributed by atoms with van der Waals surface area (Å²) >= 11 is 5.96. The highest BCUT2D eigenvalue weighted by Crippen LogP contribution is 2.20. The molecule has 1 heterocycles. The number of nitrogens with two attached hydrogens (primary N) is 1. The molecule has 0 aliphatic rings. The smallest absolute Gasteiger partial charge is 0.275 e. The molecule has 7 nitrogen and oxygen atoms in total. The number of halogens is 1. The molecule has 0 aliphatic heterocycles. The van der Waals surface area contributed by atoms with Crippen LogP contribution < -0.4 is 15.2 Å². The summed E-state index contributed by atoms with van der Waals surface area (Å²) in [5, 5.41) is 7.78. The minimum atomic E-state index is -3.65. The van der Waals surface area contributed by atoms with Gasteiger partial charge in [0.15, 0.2) is 5.69 Å². The molecule has 0 atom stereocenters. The first-order valence-electron chi connectivity index (χ1n) is 6.40. The first-order valence-corrected chi connectivity index (χ1v) is 8.49. The first kappa shape index (κ1) is 17.2. The van der Waals surface area contributed by atoms with Crippen molar-refractivity contribution in [1.29, 1.82) is 0 Å². The molecule has 3 N–H and O–H groups in total. The zero-order valence-electron chi connectivity index (χ0n) is 12.1. The molecule has 0 unspecified atom stereocenters. The number of ether oxygens (including phenoxy) is 1. The molecule has 0 fully saturated rings. The fourth-order valence-corrected chi connectivity index (χ4v) is 2.69. The van der Waals surface area contributed by atoms with Crippen molar-refractivity contribution < 1.29 is 17.9 Å². The Kier molecular flexibility index (Phi) is 5.19. The number of benzene rings is 1. The van der Waals surface area contributed by atoms with Gasteiger partial charge in [-0.05, 0) is 23.8 Å². The highest BCUT2D eigenvalue weighted by molar-refractivity contribution is 7.88. The quantitative estimate of drug-likeness (QED) is 0.849. The zero-order valence-corrected chi connectivity index (χ0v) is 13.7. The van der Waals surface area contributed by atoms with Gasteiger partial charge in [0.25, 0.3) is 5.91 Å². The van der Waals surface area contributed by atoms with Crippen LogP contribution >= 0.6 is 11.6 Å². The molecule has 0 spiro atoms. The SMILES string of the molecule is COc1ccc(Cl)c(C(=O)Nc2cccc(CS(N)(=O)=O)c2)n1. The van der Waals surface area contributed by atoms with E-state index in [9.17, 15) is 13.2 Å². The van der Waals surface area contributed by atoms with Crippen LogP contribution in [0.15, 0.2) is 36.4 Å². The molecular formula is C14H14ClN3O4S. The Bertz CT molecular complexity index is 840. The highest BCUT2D eigenvalue weighted by Gasteiger charge is 2.14. The second-order valence-corrected chi connectivity index (χ2v) is 6.67. The fourth-order valence-electron chi connectivity index (χ4n) is 1.86. The maximum atomic E-state index is 12.2. The van der Waals surface area contributed by atoms with Crippen LogP contribution in [-0.4, -0.2) is 26.4 Å². The third-order valence-electron chi connectivity index (χ3n) is 2.80. The van der Waals surface area contributed by atoms with Gasteiger partial charge in [0.05, 0.1) is 17.9 Å². The molecule has 122 valence electrons. The van der Waals surface area contributed by atoms with E-state index >= 15 is 0 Å². The van der Waals surface area contributed by atoms with Crippen LogP contribution in [0.25, 0.3) is 0 Å². The number of anilines is 1. The Hall–Kier alpha value is -2.16. The van der Waals surface area contributed by atoms with Gasteiger partial charge in [0.2, 0.25) is 15.9 Å². The molecule has 9 heteroatoms. The molecule has 1 amide bonds. The lowest BCUT2D eigenvalue weighted by Crippen LogP contribution is -2.16. The monoisotopic (exact) mass is 355 g/mol. The molecule has 0 saturated carbocycles. The van der Waals surface area contributed by atoms with Gasteiger partial charge in [0, 0.05) is 11.8 Å². The Labute approximate surface area is 138 Å². The van der Waals surface area contributed by atoms with E-state index in [2.05, 4.69) is 10.3 Å². The zero-order chi connectivity index (χ0) is 17.0. The van der Waals surface area contributed by atoms with Crippen molar-refractivity contribution in [3.63, 3.8) is 0 Å². The lowest BCUT2D eigenvalue weighted by Gasteiger charge is -2.08. The van der Waals surface area contributed by atoms with E-state index in [4.69, 9.17) is 21.5 Å². The van der Waals surface area contributed by atoms with Crippen LogP contribution in [-0.2, 0) is 15.8 Å². The number of nitrogens with one attached hydrogen (secondary N) is 1. The lowest BCUT2D eigenvalue weighted by atomic mass is 10.2. The van der Waals surface area contributed by atoms with Crippen LogP contribution in [0.4, 0.5) is 5.69 Å². The average Bonchev–Trinajstić information content (AvgIpc) is 2.46. The molecule has 0 aliphatic carbocycles. The summed E-state index contributed by atoms with van der Waals surface area (Å²) in [5.41, 5.74) is 0.856. The number of rotatable bonds is 5. The highest BCUT2D eigenvalue weighted by atomic mass is 35.5. The maximum Gasteiger partial charge on any atom is 0.275 e. The van der Waals surface area contributed by atoms with Gasteiger partial charge in [-0.15, -0.1) is 0 Å². The van der Waals surface area contributed by atoms with Crippen molar-refractivity contribution in [2.45, 2.75) is 5.75 Å². The average molecular weight is 356 g/mol. The predicted molar refractivity (Wildman–Crippen MR) is 87.0 cm³/mol. The van der Waals surface area contributed by atoms with Crippen LogP contribution in [0.1, 0.15) is 16.1 Å². The van der Waals surface area contributed by atoms with Crippen molar-refractivity contribution in [1.82, 2.24) is 4.98 Å². The molecular weight excluding hydrogens is 342 g/mol. The summed E-state index contributed by atoms with van der Waals surface area (Å²) in [6.07, 6.45) is 0. The van der Waals surface area contributed by atoms with E-state index in [0.717, 1.165) is 0 Å². The van der Waals surface area contributed by atoms with Crippen LogP contribution in [0.3, 0.4) is 0 Å². The Morgan fingerprint density at radius 3 is 2.74 bits per heavy atom. The Morgan fingerprint density at radius 1 is 1.35 bits per heavy atom. The number of hydrogen-bond acceptors (Lipinski definition) is 5. The van der Waals surface area contributed by atoms with E-state index < -0.39 is 15.9 Å². The van der Waals surface area contributed by atoms with Gasteiger partial charge in [-0.25, -0.2) is 18.5 Å². The van der Waals surface area contributed by atoms with E-state index in [1.807, 2.05) is 0 Å². The van der Waals surface area contributed by atoms with Crippen molar-refractivity contribution in [2.24, 2.45) is 5.14 Å². The number of aromatic nitrogens is 1. The fraction of sp³-hybridized carbons (Fsp3) is 0.143. The van der Waals surface area contributed by atoms with Gasteiger partial charge in [-0.1, -0.05) is 23.7 Å². The molecule has 2 aromatic rings. The number of pyridine rings is 1. The Balaban J connectivity index is 2.22. The van der Waals surface area contributed by atoms with Crippen molar-refractivity contribution in [2.75, 3.05) is 12.4 Å². The predicted octanol–water partition coefficient (Wildman–Crippen LogP) is 1.78. The largest absolute Gasteiger partial charge is 0.481 e. The number of carbonyl (C=O) groups excluding carboxylic acids is 1. The second kappa shape index (κ2) is 6.95. The third-order valence-corrected chi connectivity index (χ3v) is 3.84. The number of primary sulfonamides is 1. The van der Waals surface area contributed by atoms with Crippen LogP contribution in [0.5, 0.6) is 5.88 Å². The molecule has 1 aromatic carbocycles. The third kappa shape index (κ3) is 4.92. The molecule has 0 saturated heterocycles. The standard InChI is InChI=1S/C14H14ClN3O4S/c1-22-12-6-5-11(15)13(18-12)14(19)17-10-4-2-3-9(7-10)8-23(16,20)21/h2-7H,8H2,1H3,(H,17,19)(H2,16,20,21). The normalized spacial score (nSPS) is 11.1. The van der Waals surface area contributed by atoms with Gasteiger partial charge >= 0.3 is 0 Å². The van der Waals surface area contributed by atoms with Gasteiger partial charge in [-0.3, -0.25) is 4.79 Å². The lowest BCUT2D eigenvalue weighted by molar-refractivity contribution is 0.102. The van der Waals surface area contributed by atoms with Crippen molar-refractivity contribution in [3.05, 3.63) is 52.7 Å². The number of amides is 1. The van der Waals surface area contributed by atoms with Gasteiger partial charge in [0.1, 0.15) is 0 Å². The van der Waals surface area contributed by atoms with Crippen LogP contribution in [0.2, 0.25) is 5.02 Å². The summed E-state index contributed by atoms with van der Waals surface area (Å²) in [6.45, 7) is 0. The van der Waals surface area contributed by atoms with E-state index in [-0.39, 0.29) is 22.3 Å². The molecule has 23 heavy (non-hydrogen) atoms. The minimum Gasteiger partial charge on any atom is -0.481 e.